The number of carbonyl (C=O) groups is 1. The van der Waals surface area contributed by atoms with Gasteiger partial charge in [-0.3, -0.25) is 0 Å². The molecule has 0 saturated heterocycles. The third-order valence-electron chi connectivity index (χ3n) is 5.61. The SMILES string of the molecule is COc1ccc2c3c1OC1CC(O)C=CC31CCN(C(=O)OC(C)(C)C)C2. The summed E-state index contributed by atoms with van der Waals surface area (Å²) >= 11 is 0. The fraction of sp³-hybridized carbons (Fsp3) is 0.571. The van der Waals surface area contributed by atoms with Crippen molar-refractivity contribution in [2.75, 3.05) is 13.7 Å². The Morgan fingerprint density at radius 2 is 2.15 bits per heavy atom. The summed E-state index contributed by atoms with van der Waals surface area (Å²) in [5.41, 5.74) is 1.24. The summed E-state index contributed by atoms with van der Waals surface area (Å²) in [5.74, 6) is 1.43. The van der Waals surface area contributed by atoms with Gasteiger partial charge in [-0.2, -0.15) is 0 Å². The number of aliphatic hydroxyl groups is 1. The highest BCUT2D eigenvalue weighted by Gasteiger charge is 2.53. The molecule has 0 fully saturated rings. The molecule has 0 saturated carbocycles. The Hall–Kier alpha value is -2.21. The van der Waals surface area contributed by atoms with Crippen molar-refractivity contribution >= 4 is 6.09 Å². The van der Waals surface area contributed by atoms with E-state index in [2.05, 4.69) is 6.08 Å². The number of methoxy groups -OCH3 is 1. The van der Waals surface area contributed by atoms with E-state index in [4.69, 9.17) is 14.2 Å². The van der Waals surface area contributed by atoms with Gasteiger partial charge in [0.1, 0.15) is 11.7 Å². The Balaban J connectivity index is 1.77. The van der Waals surface area contributed by atoms with E-state index in [0.717, 1.165) is 16.9 Å². The predicted molar refractivity (Wildman–Crippen MR) is 100 cm³/mol. The van der Waals surface area contributed by atoms with Crippen LogP contribution in [-0.4, -0.2) is 47.6 Å². The fourth-order valence-electron chi connectivity index (χ4n) is 4.42. The Kier molecular flexibility index (Phi) is 4.14. The number of rotatable bonds is 1. The van der Waals surface area contributed by atoms with Gasteiger partial charge in [0.05, 0.1) is 18.6 Å². The van der Waals surface area contributed by atoms with Crippen molar-refractivity contribution in [2.24, 2.45) is 0 Å². The van der Waals surface area contributed by atoms with Crippen molar-refractivity contribution in [3.05, 3.63) is 35.4 Å². The van der Waals surface area contributed by atoms with Gasteiger partial charge < -0.3 is 24.2 Å². The Labute approximate surface area is 159 Å². The number of hydrogen-bond acceptors (Lipinski definition) is 5. The first-order valence-corrected chi connectivity index (χ1v) is 9.46. The van der Waals surface area contributed by atoms with Gasteiger partial charge in [-0.25, -0.2) is 4.79 Å². The summed E-state index contributed by atoms with van der Waals surface area (Å²) in [6.45, 7) is 6.65. The number of hydrogen-bond donors (Lipinski definition) is 1. The van der Waals surface area contributed by atoms with E-state index in [1.54, 1.807) is 12.0 Å². The number of ether oxygens (including phenoxy) is 3. The summed E-state index contributed by atoms with van der Waals surface area (Å²) < 4.78 is 17.4. The molecule has 1 amide bonds. The number of amides is 1. The minimum absolute atomic E-state index is 0.166. The summed E-state index contributed by atoms with van der Waals surface area (Å²) in [4.78, 5) is 14.5. The van der Waals surface area contributed by atoms with Crippen LogP contribution in [-0.2, 0) is 16.7 Å². The average Bonchev–Trinajstić information content (AvgIpc) is 2.81. The van der Waals surface area contributed by atoms with Crippen LogP contribution in [0, 0.1) is 0 Å². The molecule has 146 valence electrons. The molecule has 2 aliphatic heterocycles. The molecule has 4 rings (SSSR count). The lowest BCUT2D eigenvalue weighted by Crippen LogP contribution is -2.43. The van der Waals surface area contributed by atoms with Crippen molar-refractivity contribution < 1.29 is 24.1 Å². The maximum absolute atomic E-state index is 12.7. The molecular weight excluding hydrogens is 346 g/mol. The van der Waals surface area contributed by atoms with E-state index in [0.29, 0.717) is 31.7 Å². The van der Waals surface area contributed by atoms with Gasteiger partial charge in [0.25, 0.3) is 0 Å². The normalized spacial score (nSPS) is 28.7. The number of benzene rings is 1. The van der Waals surface area contributed by atoms with E-state index >= 15 is 0 Å². The molecule has 6 nitrogen and oxygen atoms in total. The van der Waals surface area contributed by atoms with Crippen LogP contribution in [0.15, 0.2) is 24.3 Å². The van der Waals surface area contributed by atoms with Gasteiger partial charge in [0.15, 0.2) is 11.5 Å². The van der Waals surface area contributed by atoms with Crippen molar-refractivity contribution in [2.45, 2.75) is 63.4 Å². The zero-order valence-corrected chi connectivity index (χ0v) is 16.3. The van der Waals surface area contributed by atoms with Crippen molar-refractivity contribution in [1.82, 2.24) is 4.90 Å². The van der Waals surface area contributed by atoms with Crippen LogP contribution in [0.3, 0.4) is 0 Å². The second-order valence-corrected chi connectivity index (χ2v) is 8.59. The maximum atomic E-state index is 12.7. The Bertz CT molecular complexity index is 796. The molecule has 1 aliphatic carbocycles. The quantitative estimate of drug-likeness (QED) is 0.766. The predicted octanol–water partition coefficient (Wildman–Crippen LogP) is 3.16. The van der Waals surface area contributed by atoms with Crippen LogP contribution in [0.4, 0.5) is 4.79 Å². The smallest absolute Gasteiger partial charge is 0.410 e. The number of aliphatic hydroxyl groups excluding tert-OH is 1. The van der Waals surface area contributed by atoms with E-state index < -0.39 is 11.7 Å². The van der Waals surface area contributed by atoms with Gasteiger partial charge in [-0.1, -0.05) is 18.2 Å². The lowest BCUT2D eigenvalue weighted by molar-refractivity contribution is 0.0212. The van der Waals surface area contributed by atoms with E-state index in [1.165, 1.54) is 0 Å². The highest BCUT2D eigenvalue weighted by molar-refractivity contribution is 5.69. The fourth-order valence-corrected chi connectivity index (χ4v) is 4.42. The molecule has 0 radical (unpaired) electrons. The summed E-state index contributed by atoms with van der Waals surface area (Å²) in [5, 5.41) is 10.1. The highest BCUT2D eigenvalue weighted by atomic mass is 16.6. The van der Waals surface area contributed by atoms with Crippen LogP contribution in [0.25, 0.3) is 0 Å². The second-order valence-electron chi connectivity index (χ2n) is 8.59. The van der Waals surface area contributed by atoms with E-state index in [-0.39, 0.29) is 17.6 Å². The van der Waals surface area contributed by atoms with Crippen LogP contribution in [0.2, 0.25) is 0 Å². The average molecular weight is 373 g/mol. The maximum Gasteiger partial charge on any atom is 0.410 e. The molecule has 1 aromatic carbocycles. The Morgan fingerprint density at radius 3 is 2.85 bits per heavy atom. The molecule has 27 heavy (non-hydrogen) atoms. The molecule has 1 N–H and O–H groups in total. The molecule has 3 aliphatic rings. The number of carbonyl (C=O) groups excluding carboxylic acids is 1. The van der Waals surface area contributed by atoms with Crippen molar-refractivity contribution in [3.63, 3.8) is 0 Å². The largest absolute Gasteiger partial charge is 0.493 e. The minimum atomic E-state index is -0.535. The molecule has 6 heteroatoms. The molecule has 3 unspecified atom stereocenters. The minimum Gasteiger partial charge on any atom is -0.493 e. The van der Waals surface area contributed by atoms with Crippen LogP contribution in [0.1, 0.15) is 44.7 Å². The molecule has 2 heterocycles. The molecule has 1 spiro atoms. The standard InChI is InChI=1S/C21H27NO5/c1-20(2,3)27-19(24)22-10-9-21-8-7-14(23)11-16(21)26-18-15(25-4)6-5-13(12-22)17(18)21/h5-8,14,16,23H,9-12H2,1-4H3. The third kappa shape index (κ3) is 2.96. The zero-order valence-electron chi connectivity index (χ0n) is 16.3. The molecule has 0 aromatic heterocycles. The topological polar surface area (TPSA) is 68.2 Å². The monoisotopic (exact) mass is 373 g/mol. The lowest BCUT2D eigenvalue weighted by atomic mass is 9.69. The van der Waals surface area contributed by atoms with Gasteiger partial charge in [0.2, 0.25) is 0 Å². The van der Waals surface area contributed by atoms with Gasteiger partial charge in [0, 0.05) is 25.1 Å². The lowest BCUT2D eigenvalue weighted by Gasteiger charge is -2.35. The summed E-state index contributed by atoms with van der Waals surface area (Å²) in [6.07, 6.45) is 4.17. The van der Waals surface area contributed by atoms with Crippen molar-refractivity contribution in [1.29, 1.82) is 0 Å². The van der Waals surface area contributed by atoms with E-state index in [9.17, 15) is 9.90 Å². The Morgan fingerprint density at radius 1 is 1.37 bits per heavy atom. The van der Waals surface area contributed by atoms with Gasteiger partial charge >= 0.3 is 6.09 Å². The first-order valence-electron chi connectivity index (χ1n) is 9.46. The molecular formula is C21H27NO5. The summed E-state index contributed by atoms with van der Waals surface area (Å²) in [6, 6.07) is 3.89. The second kappa shape index (κ2) is 6.16. The number of nitrogens with zero attached hydrogens (tertiary/aromatic N) is 1. The van der Waals surface area contributed by atoms with Crippen LogP contribution >= 0.6 is 0 Å². The van der Waals surface area contributed by atoms with E-state index in [1.807, 2.05) is 39.0 Å². The van der Waals surface area contributed by atoms with Crippen LogP contribution in [0.5, 0.6) is 11.5 Å². The summed E-state index contributed by atoms with van der Waals surface area (Å²) in [7, 11) is 1.63. The van der Waals surface area contributed by atoms with Gasteiger partial charge in [-0.05, 0) is 38.8 Å². The molecule has 0 bridgehead atoms. The zero-order chi connectivity index (χ0) is 19.4. The molecule has 3 atom stereocenters. The molecule has 1 aromatic rings. The third-order valence-corrected chi connectivity index (χ3v) is 5.61. The highest BCUT2D eigenvalue weighted by Crippen LogP contribution is 2.55. The van der Waals surface area contributed by atoms with Crippen LogP contribution < -0.4 is 9.47 Å². The first-order chi connectivity index (χ1) is 12.7. The van der Waals surface area contributed by atoms with Gasteiger partial charge in [-0.15, -0.1) is 0 Å². The van der Waals surface area contributed by atoms with Crippen molar-refractivity contribution in [3.8, 4) is 11.5 Å². The first kappa shape index (κ1) is 18.2.